The number of hydrogen-bond donors (Lipinski definition) is 2. The van der Waals surface area contributed by atoms with Gasteiger partial charge in [-0.05, 0) is 38.0 Å². The van der Waals surface area contributed by atoms with E-state index in [1.807, 2.05) is 6.92 Å². The van der Waals surface area contributed by atoms with Crippen molar-refractivity contribution in [2.75, 3.05) is 11.9 Å². The second-order valence-electron chi connectivity index (χ2n) is 6.73. The number of nitrogens with one attached hydrogen (secondary N) is 1. The summed E-state index contributed by atoms with van der Waals surface area (Å²) in [5, 5.41) is 4.58. The number of aromatic nitrogens is 1. The maximum absolute atomic E-state index is 13.0. The van der Waals surface area contributed by atoms with Gasteiger partial charge in [-0.1, -0.05) is 12.5 Å². The summed E-state index contributed by atoms with van der Waals surface area (Å²) < 4.78 is 27.5. The predicted octanol–water partition coefficient (Wildman–Crippen LogP) is 1.99. The van der Waals surface area contributed by atoms with Gasteiger partial charge in [0.1, 0.15) is 0 Å². The lowest BCUT2D eigenvalue weighted by Crippen LogP contribution is -2.41. The lowest BCUT2D eigenvalue weighted by atomic mass is 10.1. The summed E-state index contributed by atoms with van der Waals surface area (Å²) in [6.45, 7) is 2.39. The van der Waals surface area contributed by atoms with Gasteiger partial charge in [-0.25, -0.2) is 13.4 Å². The second kappa shape index (κ2) is 8.38. The number of rotatable bonds is 6. The zero-order chi connectivity index (χ0) is 20.3. The van der Waals surface area contributed by atoms with Crippen LogP contribution < -0.4 is 11.1 Å². The number of anilines is 1. The number of amides is 2. The van der Waals surface area contributed by atoms with Crippen molar-refractivity contribution in [3.8, 4) is 0 Å². The fourth-order valence-corrected chi connectivity index (χ4v) is 5.61. The average molecular weight is 423 g/mol. The van der Waals surface area contributed by atoms with E-state index in [1.54, 1.807) is 17.5 Å². The molecular weight excluding hydrogens is 400 g/mol. The fourth-order valence-electron chi connectivity index (χ4n) is 3.16. The summed E-state index contributed by atoms with van der Waals surface area (Å²) in [6, 6.07) is 5.92. The monoisotopic (exact) mass is 422 g/mol. The van der Waals surface area contributed by atoms with Crippen LogP contribution in [0.2, 0.25) is 0 Å². The Morgan fingerprint density at radius 1 is 1.36 bits per heavy atom. The van der Waals surface area contributed by atoms with Gasteiger partial charge < -0.3 is 5.73 Å². The van der Waals surface area contributed by atoms with E-state index in [0.717, 1.165) is 19.3 Å². The third-order valence-electron chi connectivity index (χ3n) is 4.57. The highest BCUT2D eigenvalue weighted by Gasteiger charge is 2.31. The van der Waals surface area contributed by atoms with Gasteiger partial charge >= 0.3 is 0 Å². The molecule has 10 heteroatoms. The molecule has 3 N–H and O–H groups in total. The summed E-state index contributed by atoms with van der Waals surface area (Å²) in [6.07, 6.45) is 2.67. The molecule has 150 valence electrons. The minimum Gasteiger partial charge on any atom is -0.369 e. The number of carbonyl (C=O) groups is 2. The van der Waals surface area contributed by atoms with Crippen molar-refractivity contribution < 1.29 is 18.0 Å². The van der Waals surface area contributed by atoms with Gasteiger partial charge in [0.05, 0.1) is 17.0 Å². The Balaban J connectivity index is 1.77. The van der Waals surface area contributed by atoms with Crippen LogP contribution >= 0.6 is 11.3 Å². The predicted molar refractivity (Wildman–Crippen MR) is 107 cm³/mol. The Labute approximate surface area is 167 Å². The van der Waals surface area contributed by atoms with Crippen molar-refractivity contribution in [1.29, 1.82) is 0 Å². The molecule has 1 atom stereocenters. The van der Waals surface area contributed by atoms with Gasteiger partial charge in [-0.2, -0.15) is 4.31 Å². The highest BCUT2D eigenvalue weighted by atomic mass is 32.2. The Kier molecular flexibility index (Phi) is 6.11. The van der Waals surface area contributed by atoms with Crippen molar-refractivity contribution in [2.45, 2.75) is 43.5 Å². The molecule has 2 amide bonds. The average Bonchev–Trinajstić information content (AvgIpc) is 3.08. The maximum Gasteiger partial charge on any atom is 0.257 e. The topological polar surface area (TPSA) is 122 Å². The van der Waals surface area contributed by atoms with Gasteiger partial charge in [0.2, 0.25) is 15.9 Å². The first-order valence-corrected chi connectivity index (χ1v) is 11.3. The van der Waals surface area contributed by atoms with Gasteiger partial charge in [0.15, 0.2) is 5.13 Å². The van der Waals surface area contributed by atoms with Gasteiger partial charge in [-0.3, -0.25) is 14.9 Å². The van der Waals surface area contributed by atoms with Crippen LogP contribution in [0.25, 0.3) is 0 Å². The molecule has 3 rings (SSSR count). The van der Waals surface area contributed by atoms with Crippen LogP contribution in [0.4, 0.5) is 5.13 Å². The van der Waals surface area contributed by atoms with Gasteiger partial charge in [0, 0.05) is 23.5 Å². The molecule has 0 saturated carbocycles. The van der Waals surface area contributed by atoms with Crippen molar-refractivity contribution >= 4 is 38.3 Å². The zero-order valence-corrected chi connectivity index (χ0v) is 17.1. The number of hydrogen-bond acceptors (Lipinski definition) is 6. The van der Waals surface area contributed by atoms with Crippen LogP contribution in [-0.4, -0.2) is 42.1 Å². The fraction of sp³-hybridized carbons (Fsp3) is 0.389. The van der Waals surface area contributed by atoms with Crippen molar-refractivity contribution in [3.63, 3.8) is 0 Å². The summed E-state index contributed by atoms with van der Waals surface area (Å²) in [4.78, 5) is 27.7. The largest absolute Gasteiger partial charge is 0.369 e. The molecule has 28 heavy (non-hydrogen) atoms. The molecule has 0 bridgehead atoms. The minimum atomic E-state index is -3.66. The molecule has 1 aromatic heterocycles. The smallest absolute Gasteiger partial charge is 0.257 e. The minimum absolute atomic E-state index is 0.00583. The molecule has 1 aliphatic heterocycles. The molecule has 1 saturated heterocycles. The Hall–Kier alpha value is -2.30. The first-order valence-electron chi connectivity index (χ1n) is 8.93. The summed E-state index contributed by atoms with van der Waals surface area (Å²) in [7, 11) is -3.66. The maximum atomic E-state index is 13.0. The van der Waals surface area contributed by atoms with E-state index in [0.29, 0.717) is 17.4 Å². The van der Waals surface area contributed by atoms with E-state index in [-0.39, 0.29) is 22.9 Å². The lowest BCUT2D eigenvalue weighted by Gasteiger charge is -2.32. The molecule has 2 heterocycles. The first kappa shape index (κ1) is 20.4. The third-order valence-corrected chi connectivity index (χ3v) is 7.39. The van der Waals surface area contributed by atoms with Crippen LogP contribution in [0.1, 0.15) is 42.2 Å². The normalized spacial score (nSPS) is 18.0. The van der Waals surface area contributed by atoms with E-state index in [2.05, 4.69) is 10.3 Å². The highest BCUT2D eigenvalue weighted by molar-refractivity contribution is 7.89. The van der Waals surface area contributed by atoms with Crippen LogP contribution in [0, 0.1) is 0 Å². The Bertz CT molecular complexity index is 987. The van der Waals surface area contributed by atoms with Crippen LogP contribution in [0.3, 0.4) is 0 Å². The molecular formula is C18H22N4O4S2. The third kappa shape index (κ3) is 4.57. The standard InChI is InChI=1S/C18H22N4O4S2/c1-12-5-2-3-8-22(12)28(25,26)15-7-4-6-13(9-15)17(24)21-18-20-14(11-27-18)10-16(19)23/h4,6-7,9,11-12H,2-3,5,8,10H2,1H3,(H2,19,23)(H,20,21,24). The molecule has 0 aliphatic carbocycles. The summed E-state index contributed by atoms with van der Waals surface area (Å²) in [5.74, 6) is -0.975. The quantitative estimate of drug-likeness (QED) is 0.737. The molecule has 1 fully saturated rings. The van der Waals surface area contributed by atoms with Crippen LogP contribution in [-0.2, 0) is 21.2 Å². The number of carbonyl (C=O) groups excluding carboxylic acids is 2. The summed E-state index contributed by atoms with van der Waals surface area (Å²) >= 11 is 1.17. The van der Waals surface area contributed by atoms with E-state index < -0.39 is 21.8 Å². The van der Waals surface area contributed by atoms with Crippen molar-refractivity contribution in [2.24, 2.45) is 5.73 Å². The molecule has 1 unspecified atom stereocenters. The lowest BCUT2D eigenvalue weighted by molar-refractivity contribution is -0.117. The van der Waals surface area contributed by atoms with E-state index in [1.165, 1.54) is 27.8 Å². The zero-order valence-electron chi connectivity index (χ0n) is 15.4. The van der Waals surface area contributed by atoms with Gasteiger partial charge in [-0.15, -0.1) is 11.3 Å². The number of nitrogens with two attached hydrogens (primary N) is 1. The highest BCUT2D eigenvalue weighted by Crippen LogP contribution is 2.26. The Morgan fingerprint density at radius 2 is 2.14 bits per heavy atom. The number of sulfonamides is 1. The molecule has 1 aromatic carbocycles. The van der Waals surface area contributed by atoms with Crippen molar-refractivity contribution in [1.82, 2.24) is 9.29 Å². The first-order chi connectivity index (χ1) is 13.3. The van der Waals surface area contributed by atoms with Crippen LogP contribution in [0.5, 0.6) is 0 Å². The SMILES string of the molecule is CC1CCCCN1S(=O)(=O)c1cccc(C(=O)Nc2nc(CC(N)=O)cs2)c1. The van der Waals surface area contributed by atoms with Gasteiger partial charge in [0.25, 0.3) is 5.91 Å². The number of benzene rings is 1. The number of piperidine rings is 1. The summed E-state index contributed by atoms with van der Waals surface area (Å²) in [5.41, 5.74) is 5.83. The van der Waals surface area contributed by atoms with E-state index >= 15 is 0 Å². The number of primary amides is 1. The van der Waals surface area contributed by atoms with Crippen LogP contribution in [0.15, 0.2) is 34.5 Å². The van der Waals surface area contributed by atoms with E-state index in [9.17, 15) is 18.0 Å². The van der Waals surface area contributed by atoms with Crippen molar-refractivity contribution in [3.05, 3.63) is 40.9 Å². The molecule has 1 aliphatic rings. The van der Waals surface area contributed by atoms with E-state index in [4.69, 9.17) is 5.73 Å². The second-order valence-corrected chi connectivity index (χ2v) is 9.48. The molecule has 2 aromatic rings. The molecule has 0 radical (unpaired) electrons. The number of nitrogens with zero attached hydrogens (tertiary/aromatic N) is 2. The Morgan fingerprint density at radius 3 is 2.86 bits per heavy atom. The molecule has 8 nitrogen and oxygen atoms in total. The molecule has 0 spiro atoms. The number of thiazole rings is 1.